The van der Waals surface area contributed by atoms with Gasteiger partial charge >= 0.3 is 0 Å². The lowest BCUT2D eigenvalue weighted by atomic mass is 10.1. The van der Waals surface area contributed by atoms with E-state index in [-0.39, 0.29) is 0 Å². The molecular formula is C23H21N3. The largest absolute Gasteiger partial charge is 0.323 e. The number of nitriles is 1. The summed E-state index contributed by atoms with van der Waals surface area (Å²) in [5.74, 6) is 1.52. The summed E-state index contributed by atoms with van der Waals surface area (Å²) >= 11 is 0. The van der Waals surface area contributed by atoms with Gasteiger partial charge in [-0.25, -0.2) is 4.98 Å². The summed E-state index contributed by atoms with van der Waals surface area (Å²) in [6.07, 6.45) is 1.05. The normalized spacial score (nSPS) is 12.3. The van der Waals surface area contributed by atoms with Crippen molar-refractivity contribution in [2.45, 2.75) is 32.7 Å². The van der Waals surface area contributed by atoms with E-state index >= 15 is 0 Å². The van der Waals surface area contributed by atoms with E-state index in [4.69, 9.17) is 10.2 Å². The zero-order chi connectivity index (χ0) is 18.1. The molecule has 0 amide bonds. The Kier molecular flexibility index (Phi) is 4.18. The van der Waals surface area contributed by atoms with Gasteiger partial charge in [0.15, 0.2) is 0 Å². The molecule has 3 heteroatoms. The molecule has 1 unspecified atom stereocenters. The Bertz CT molecular complexity index is 1110. The van der Waals surface area contributed by atoms with Crippen LogP contribution in [0, 0.1) is 11.3 Å². The van der Waals surface area contributed by atoms with E-state index in [1.54, 1.807) is 0 Å². The molecule has 0 N–H and O–H groups in total. The first-order valence-electron chi connectivity index (χ1n) is 9.07. The molecule has 4 aromatic rings. The van der Waals surface area contributed by atoms with Crippen molar-refractivity contribution in [1.29, 1.82) is 5.26 Å². The molecule has 3 nitrogen and oxygen atoms in total. The molecule has 128 valence electrons. The van der Waals surface area contributed by atoms with Crippen LogP contribution in [0.25, 0.3) is 21.8 Å². The lowest BCUT2D eigenvalue weighted by Gasteiger charge is -2.13. The molecule has 0 saturated heterocycles. The zero-order valence-corrected chi connectivity index (χ0v) is 15.1. The molecule has 4 rings (SSSR count). The highest BCUT2D eigenvalue weighted by molar-refractivity contribution is 5.95. The fourth-order valence-corrected chi connectivity index (χ4v) is 3.42. The van der Waals surface area contributed by atoms with E-state index < -0.39 is 0 Å². The molecule has 0 spiro atoms. The quantitative estimate of drug-likeness (QED) is 0.484. The highest BCUT2D eigenvalue weighted by Crippen LogP contribution is 2.28. The predicted octanol–water partition coefficient (Wildman–Crippen LogP) is 5.62. The van der Waals surface area contributed by atoms with Crippen molar-refractivity contribution in [2.75, 3.05) is 0 Å². The van der Waals surface area contributed by atoms with Crippen LogP contribution in [0.5, 0.6) is 0 Å². The average Bonchev–Trinajstić information content (AvgIpc) is 3.03. The van der Waals surface area contributed by atoms with Gasteiger partial charge in [-0.1, -0.05) is 50.2 Å². The molecule has 1 atom stereocenters. The SMILES string of the molecule is CCC(C)c1nc2cc3ccccc3cc2n1Cc1ccc(C#N)cc1. The first-order chi connectivity index (χ1) is 12.7. The van der Waals surface area contributed by atoms with Crippen LogP contribution < -0.4 is 0 Å². The molecule has 0 aliphatic carbocycles. The molecule has 0 aliphatic rings. The summed E-state index contributed by atoms with van der Waals surface area (Å²) in [7, 11) is 0. The maximum atomic E-state index is 9.01. The van der Waals surface area contributed by atoms with Gasteiger partial charge in [-0.2, -0.15) is 5.26 Å². The van der Waals surface area contributed by atoms with E-state index in [0.29, 0.717) is 11.5 Å². The van der Waals surface area contributed by atoms with Crippen LogP contribution >= 0.6 is 0 Å². The van der Waals surface area contributed by atoms with E-state index in [0.717, 1.165) is 24.3 Å². The number of fused-ring (bicyclic) bond motifs is 2. The van der Waals surface area contributed by atoms with Gasteiger partial charge in [0, 0.05) is 12.5 Å². The molecule has 0 aliphatic heterocycles. The third kappa shape index (κ3) is 2.84. The van der Waals surface area contributed by atoms with Gasteiger partial charge in [-0.05, 0) is 47.0 Å². The molecule has 26 heavy (non-hydrogen) atoms. The fraction of sp³-hybridized carbons (Fsp3) is 0.217. The van der Waals surface area contributed by atoms with Gasteiger partial charge in [-0.3, -0.25) is 0 Å². The Labute approximate surface area is 153 Å². The molecule has 1 heterocycles. The van der Waals surface area contributed by atoms with Gasteiger partial charge in [0.05, 0.1) is 22.7 Å². The smallest absolute Gasteiger partial charge is 0.113 e. The number of imidazole rings is 1. The molecule has 0 saturated carbocycles. The van der Waals surface area contributed by atoms with Crippen LogP contribution in [0.4, 0.5) is 0 Å². The second-order valence-corrected chi connectivity index (χ2v) is 6.86. The second-order valence-electron chi connectivity index (χ2n) is 6.86. The average molecular weight is 339 g/mol. The minimum atomic E-state index is 0.392. The molecule has 0 fully saturated rings. The van der Waals surface area contributed by atoms with Gasteiger partial charge in [0.25, 0.3) is 0 Å². The van der Waals surface area contributed by atoms with Crippen LogP contribution in [-0.2, 0) is 6.54 Å². The van der Waals surface area contributed by atoms with Crippen LogP contribution in [-0.4, -0.2) is 9.55 Å². The number of benzene rings is 3. The number of nitrogens with zero attached hydrogens (tertiary/aromatic N) is 3. The standard InChI is InChI=1S/C23H21N3/c1-3-16(2)23-25-21-12-19-6-4-5-7-20(19)13-22(21)26(23)15-18-10-8-17(14-24)9-11-18/h4-13,16H,3,15H2,1-2H3. The van der Waals surface area contributed by atoms with Gasteiger partial charge < -0.3 is 4.57 Å². The fourth-order valence-electron chi connectivity index (χ4n) is 3.42. The summed E-state index contributed by atoms with van der Waals surface area (Å²) in [6, 6.07) is 22.9. The van der Waals surface area contributed by atoms with Crippen LogP contribution in [0.15, 0.2) is 60.7 Å². The van der Waals surface area contributed by atoms with E-state index in [2.05, 4.69) is 60.9 Å². The van der Waals surface area contributed by atoms with E-state index in [1.165, 1.54) is 21.9 Å². The Morgan fingerprint density at radius 2 is 1.73 bits per heavy atom. The second kappa shape index (κ2) is 6.65. The lowest BCUT2D eigenvalue weighted by Crippen LogP contribution is -2.08. The maximum absolute atomic E-state index is 9.01. The van der Waals surface area contributed by atoms with Gasteiger partial charge in [0.1, 0.15) is 5.82 Å². The topological polar surface area (TPSA) is 41.6 Å². The van der Waals surface area contributed by atoms with E-state index in [1.807, 2.05) is 24.3 Å². The Morgan fingerprint density at radius 1 is 1.04 bits per heavy atom. The maximum Gasteiger partial charge on any atom is 0.113 e. The summed E-state index contributed by atoms with van der Waals surface area (Å²) in [4.78, 5) is 4.97. The molecule has 1 aromatic heterocycles. The van der Waals surface area contributed by atoms with Crippen LogP contribution in [0.3, 0.4) is 0 Å². The van der Waals surface area contributed by atoms with E-state index in [9.17, 15) is 0 Å². The highest BCUT2D eigenvalue weighted by atomic mass is 15.1. The molecule has 3 aromatic carbocycles. The monoisotopic (exact) mass is 339 g/mol. The minimum absolute atomic E-state index is 0.392. The summed E-state index contributed by atoms with van der Waals surface area (Å²) in [6.45, 7) is 5.20. The van der Waals surface area contributed by atoms with Crippen molar-refractivity contribution < 1.29 is 0 Å². The number of rotatable bonds is 4. The van der Waals surface area contributed by atoms with Gasteiger partial charge in [0.2, 0.25) is 0 Å². The first-order valence-corrected chi connectivity index (χ1v) is 9.07. The van der Waals surface area contributed by atoms with Crippen molar-refractivity contribution in [3.63, 3.8) is 0 Å². The molecular weight excluding hydrogens is 318 g/mol. The lowest BCUT2D eigenvalue weighted by molar-refractivity contribution is 0.627. The van der Waals surface area contributed by atoms with Crippen molar-refractivity contribution in [3.05, 3.63) is 77.6 Å². The molecule has 0 bridgehead atoms. The molecule has 0 radical (unpaired) electrons. The Hall–Kier alpha value is -3.12. The predicted molar refractivity (Wildman–Crippen MR) is 106 cm³/mol. The first kappa shape index (κ1) is 16.4. The van der Waals surface area contributed by atoms with Gasteiger partial charge in [-0.15, -0.1) is 0 Å². The minimum Gasteiger partial charge on any atom is -0.323 e. The van der Waals surface area contributed by atoms with Crippen molar-refractivity contribution in [1.82, 2.24) is 9.55 Å². The highest BCUT2D eigenvalue weighted by Gasteiger charge is 2.16. The number of hydrogen-bond acceptors (Lipinski definition) is 2. The third-order valence-corrected chi connectivity index (χ3v) is 5.12. The number of aromatic nitrogens is 2. The Morgan fingerprint density at radius 3 is 2.38 bits per heavy atom. The zero-order valence-electron chi connectivity index (χ0n) is 15.1. The van der Waals surface area contributed by atoms with Crippen molar-refractivity contribution >= 4 is 21.8 Å². The number of hydrogen-bond donors (Lipinski definition) is 0. The summed E-state index contributed by atoms with van der Waals surface area (Å²) in [5.41, 5.74) is 4.09. The van der Waals surface area contributed by atoms with Crippen LogP contribution in [0.2, 0.25) is 0 Å². The summed E-state index contributed by atoms with van der Waals surface area (Å²) in [5, 5.41) is 11.5. The van der Waals surface area contributed by atoms with Crippen molar-refractivity contribution in [3.8, 4) is 6.07 Å². The van der Waals surface area contributed by atoms with Crippen molar-refractivity contribution in [2.24, 2.45) is 0 Å². The Balaban J connectivity index is 1.88. The summed E-state index contributed by atoms with van der Waals surface area (Å²) < 4.78 is 2.33. The van der Waals surface area contributed by atoms with Crippen LogP contribution in [0.1, 0.15) is 43.1 Å². The third-order valence-electron chi connectivity index (χ3n) is 5.12.